The molecule has 0 atom stereocenters. The summed E-state index contributed by atoms with van der Waals surface area (Å²) >= 11 is 0. The van der Waals surface area contributed by atoms with Gasteiger partial charge >= 0.3 is 5.97 Å². The van der Waals surface area contributed by atoms with Gasteiger partial charge in [0.05, 0.1) is 7.11 Å². The fraction of sp³-hybridized carbons (Fsp3) is 0.357. The molecule has 6 heteroatoms. The van der Waals surface area contributed by atoms with Crippen molar-refractivity contribution in [1.29, 1.82) is 0 Å². The lowest BCUT2D eigenvalue weighted by Crippen LogP contribution is -2.16. The van der Waals surface area contributed by atoms with Crippen LogP contribution in [0.15, 0.2) is 42.5 Å². The summed E-state index contributed by atoms with van der Waals surface area (Å²) < 4.78 is 12.6. The molecule has 1 N–H and O–H groups in total. The van der Waals surface area contributed by atoms with Crippen molar-refractivity contribution in [3.05, 3.63) is 76.1 Å². The Bertz CT molecular complexity index is 1200. The molecule has 0 bridgehead atoms. The third-order valence-corrected chi connectivity index (χ3v) is 6.07. The van der Waals surface area contributed by atoms with Crippen LogP contribution in [-0.4, -0.2) is 35.1 Å². The standard InChI is InChI=1S/C28H33NO5/c1-16(2)20-13-23(17(3)4)27(31)25(14-20)28(32)34-15-26(30)24-12-18(5)29(19(24)6)21-8-10-22(33-7)11-9-21/h8-14,16-17,31H,15H2,1-7H3. The molecule has 180 valence electrons. The van der Waals surface area contributed by atoms with Crippen LogP contribution in [-0.2, 0) is 4.74 Å². The minimum atomic E-state index is -0.709. The molecule has 6 nitrogen and oxygen atoms in total. The van der Waals surface area contributed by atoms with Gasteiger partial charge < -0.3 is 19.1 Å². The van der Waals surface area contributed by atoms with Crippen LogP contribution in [0.4, 0.5) is 0 Å². The quantitative estimate of drug-likeness (QED) is 0.323. The van der Waals surface area contributed by atoms with Crippen LogP contribution in [0, 0.1) is 13.8 Å². The molecule has 0 spiro atoms. The molecule has 0 saturated heterocycles. The Labute approximate surface area is 201 Å². The third kappa shape index (κ3) is 5.01. The summed E-state index contributed by atoms with van der Waals surface area (Å²) in [5, 5.41) is 10.7. The monoisotopic (exact) mass is 463 g/mol. The van der Waals surface area contributed by atoms with Crippen molar-refractivity contribution in [3.8, 4) is 17.2 Å². The second kappa shape index (κ2) is 10.2. The van der Waals surface area contributed by atoms with E-state index in [0.29, 0.717) is 11.1 Å². The number of carbonyl (C=O) groups excluding carboxylic acids is 2. The summed E-state index contributed by atoms with van der Waals surface area (Å²) in [7, 11) is 1.61. The molecule has 1 aromatic heterocycles. The Balaban J connectivity index is 1.82. The summed E-state index contributed by atoms with van der Waals surface area (Å²) in [4.78, 5) is 25.8. The molecule has 1 heterocycles. The number of hydrogen-bond acceptors (Lipinski definition) is 5. The molecule has 0 unspecified atom stereocenters. The van der Waals surface area contributed by atoms with E-state index in [4.69, 9.17) is 9.47 Å². The Hall–Kier alpha value is -3.54. The number of ether oxygens (including phenoxy) is 2. The Morgan fingerprint density at radius 2 is 1.59 bits per heavy atom. The average Bonchev–Trinajstić information content (AvgIpc) is 3.10. The number of nitrogens with zero attached hydrogens (tertiary/aromatic N) is 1. The molecule has 34 heavy (non-hydrogen) atoms. The summed E-state index contributed by atoms with van der Waals surface area (Å²) in [6.07, 6.45) is 0. The van der Waals surface area contributed by atoms with E-state index in [1.807, 2.05) is 76.4 Å². The molecule has 0 radical (unpaired) electrons. The number of phenolic OH excluding ortho intramolecular Hbond substituents is 1. The number of aromatic hydroxyl groups is 1. The lowest BCUT2D eigenvalue weighted by Gasteiger charge is -2.16. The molecule has 0 saturated carbocycles. The van der Waals surface area contributed by atoms with Crippen molar-refractivity contribution < 1.29 is 24.2 Å². The van der Waals surface area contributed by atoms with Crippen LogP contribution in [0.2, 0.25) is 0 Å². The Morgan fingerprint density at radius 1 is 0.941 bits per heavy atom. The highest BCUT2D eigenvalue weighted by atomic mass is 16.5. The maximum atomic E-state index is 13.0. The largest absolute Gasteiger partial charge is 0.507 e. The molecular formula is C28H33NO5. The molecule has 3 rings (SSSR count). The summed E-state index contributed by atoms with van der Waals surface area (Å²) in [5.41, 5.74) is 4.76. The van der Waals surface area contributed by atoms with Crippen LogP contribution >= 0.6 is 0 Å². The van der Waals surface area contributed by atoms with Gasteiger partial charge in [0.2, 0.25) is 5.78 Å². The van der Waals surface area contributed by atoms with Crippen LogP contribution in [0.5, 0.6) is 11.5 Å². The highest BCUT2D eigenvalue weighted by molar-refractivity contribution is 6.01. The molecule has 3 aromatic rings. The summed E-state index contributed by atoms with van der Waals surface area (Å²) in [5.74, 6) is -0.136. The zero-order valence-corrected chi connectivity index (χ0v) is 20.9. The highest BCUT2D eigenvalue weighted by Gasteiger charge is 2.23. The lowest BCUT2D eigenvalue weighted by molar-refractivity contribution is 0.0471. The summed E-state index contributed by atoms with van der Waals surface area (Å²) in [6, 6.07) is 12.9. The van der Waals surface area contributed by atoms with Crippen LogP contribution in [0.25, 0.3) is 5.69 Å². The van der Waals surface area contributed by atoms with Gasteiger partial charge in [-0.3, -0.25) is 4.79 Å². The number of phenols is 1. The minimum Gasteiger partial charge on any atom is -0.507 e. The van der Waals surface area contributed by atoms with E-state index in [2.05, 4.69) is 0 Å². The van der Waals surface area contributed by atoms with Gasteiger partial charge in [0.25, 0.3) is 0 Å². The van der Waals surface area contributed by atoms with Crippen LogP contribution in [0.1, 0.15) is 82.8 Å². The SMILES string of the molecule is COc1ccc(-n2c(C)cc(C(=O)COC(=O)c3cc(C(C)C)cc(C(C)C)c3O)c2C)cc1. The fourth-order valence-electron chi connectivity index (χ4n) is 4.07. The number of ketones is 1. The number of rotatable bonds is 8. The number of aryl methyl sites for hydroxylation is 1. The van der Waals surface area contributed by atoms with Crippen molar-refractivity contribution in [2.45, 2.75) is 53.4 Å². The second-order valence-corrected chi connectivity index (χ2v) is 9.13. The van der Waals surface area contributed by atoms with E-state index < -0.39 is 12.6 Å². The van der Waals surface area contributed by atoms with Gasteiger partial charge in [-0.2, -0.15) is 0 Å². The predicted molar refractivity (Wildman–Crippen MR) is 133 cm³/mol. The summed E-state index contributed by atoms with van der Waals surface area (Å²) in [6.45, 7) is 11.3. The van der Waals surface area contributed by atoms with E-state index in [-0.39, 0.29) is 28.9 Å². The van der Waals surface area contributed by atoms with E-state index in [9.17, 15) is 14.7 Å². The van der Waals surface area contributed by atoms with Gasteiger partial charge in [-0.25, -0.2) is 4.79 Å². The fourth-order valence-corrected chi connectivity index (χ4v) is 4.07. The van der Waals surface area contributed by atoms with Crippen molar-refractivity contribution in [3.63, 3.8) is 0 Å². The predicted octanol–water partition coefficient (Wildman–Crippen LogP) is 6.09. The molecule has 0 fully saturated rings. The Kier molecular flexibility index (Phi) is 7.50. The molecule has 0 aliphatic carbocycles. The first-order valence-electron chi connectivity index (χ1n) is 11.5. The minimum absolute atomic E-state index is 0.0372. The highest BCUT2D eigenvalue weighted by Crippen LogP contribution is 2.33. The molecule has 2 aromatic carbocycles. The van der Waals surface area contributed by atoms with Crippen LogP contribution < -0.4 is 4.74 Å². The first-order chi connectivity index (χ1) is 16.0. The van der Waals surface area contributed by atoms with E-state index in [1.165, 1.54) is 0 Å². The van der Waals surface area contributed by atoms with Gasteiger partial charge in [-0.05, 0) is 73.2 Å². The first-order valence-corrected chi connectivity index (χ1v) is 11.5. The number of methoxy groups -OCH3 is 1. The smallest absolute Gasteiger partial charge is 0.342 e. The number of esters is 1. The van der Waals surface area contributed by atoms with Gasteiger partial charge in [-0.1, -0.05) is 33.8 Å². The molecule has 0 aliphatic rings. The number of carbonyl (C=O) groups is 2. The number of hydrogen-bond donors (Lipinski definition) is 1. The van der Waals surface area contributed by atoms with Gasteiger partial charge in [-0.15, -0.1) is 0 Å². The normalized spacial score (nSPS) is 11.2. The first kappa shape index (κ1) is 25.1. The number of Topliss-reactive ketones (excluding diaryl/α,β-unsaturated/α-hetero) is 1. The van der Waals surface area contributed by atoms with E-state index in [0.717, 1.165) is 28.4 Å². The zero-order valence-electron chi connectivity index (χ0n) is 20.9. The lowest BCUT2D eigenvalue weighted by atomic mass is 9.92. The van der Waals surface area contributed by atoms with E-state index in [1.54, 1.807) is 19.2 Å². The maximum absolute atomic E-state index is 13.0. The average molecular weight is 464 g/mol. The van der Waals surface area contributed by atoms with Crippen molar-refractivity contribution in [2.24, 2.45) is 0 Å². The number of aromatic nitrogens is 1. The van der Waals surface area contributed by atoms with E-state index >= 15 is 0 Å². The second-order valence-electron chi connectivity index (χ2n) is 9.13. The maximum Gasteiger partial charge on any atom is 0.342 e. The number of benzene rings is 2. The molecule has 0 aliphatic heterocycles. The molecule has 0 amide bonds. The Morgan fingerprint density at radius 3 is 2.15 bits per heavy atom. The third-order valence-electron chi connectivity index (χ3n) is 6.07. The molecular weight excluding hydrogens is 430 g/mol. The van der Waals surface area contributed by atoms with Crippen LogP contribution in [0.3, 0.4) is 0 Å². The van der Waals surface area contributed by atoms with Crippen molar-refractivity contribution in [1.82, 2.24) is 4.57 Å². The zero-order chi connectivity index (χ0) is 25.2. The van der Waals surface area contributed by atoms with Gasteiger partial charge in [0.1, 0.15) is 17.1 Å². The van der Waals surface area contributed by atoms with Gasteiger partial charge in [0.15, 0.2) is 6.61 Å². The van der Waals surface area contributed by atoms with Gasteiger partial charge in [0, 0.05) is 22.6 Å². The van der Waals surface area contributed by atoms with Crippen molar-refractivity contribution >= 4 is 11.8 Å². The topological polar surface area (TPSA) is 77.8 Å². The van der Waals surface area contributed by atoms with Crippen molar-refractivity contribution in [2.75, 3.05) is 13.7 Å².